The quantitative estimate of drug-likeness (QED) is 0.297. The van der Waals surface area contributed by atoms with E-state index in [-0.39, 0.29) is 12.3 Å². The summed E-state index contributed by atoms with van der Waals surface area (Å²) in [5, 5.41) is 9.29. The second-order valence-corrected chi connectivity index (χ2v) is 6.76. The van der Waals surface area contributed by atoms with Gasteiger partial charge in [-0.3, -0.25) is 9.59 Å². The molecule has 1 N–H and O–H groups in total. The largest absolute Gasteiger partial charge is 0.481 e. The van der Waals surface area contributed by atoms with Crippen molar-refractivity contribution in [3.63, 3.8) is 0 Å². The summed E-state index contributed by atoms with van der Waals surface area (Å²) in [4.78, 5) is 25.1. The topological polar surface area (TPSA) is 57.6 Å². The van der Waals surface area contributed by atoms with Gasteiger partial charge >= 0.3 is 5.97 Å². The molecule has 4 nitrogen and oxygen atoms in total. The van der Waals surface area contributed by atoms with Crippen LogP contribution in [0.5, 0.6) is 0 Å². The number of carboxylic acid groups (broad SMARTS) is 1. The van der Waals surface area contributed by atoms with E-state index in [9.17, 15) is 14.7 Å². The highest BCUT2D eigenvalue weighted by molar-refractivity contribution is 5.83. The molecule has 0 saturated carbocycles. The molecular weight excluding hydrogens is 314 g/mol. The number of carboxylic acids is 1. The maximum absolute atomic E-state index is 12.1. The lowest BCUT2D eigenvalue weighted by atomic mass is 10.0. The third kappa shape index (κ3) is 12.7. The van der Waals surface area contributed by atoms with Crippen LogP contribution in [-0.2, 0) is 9.59 Å². The zero-order chi connectivity index (χ0) is 18.9. The van der Waals surface area contributed by atoms with Crippen LogP contribution in [0.4, 0.5) is 0 Å². The van der Waals surface area contributed by atoms with Gasteiger partial charge in [-0.15, -0.1) is 0 Å². The number of carbonyl (C=O) groups is 2. The van der Waals surface area contributed by atoms with E-state index in [0.717, 1.165) is 12.8 Å². The zero-order valence-corrected chi connectivity index (χ0v) is 16.6. The van der Waals surface area contributed by atoms with Crippen molar-refractivity contribution in [2.45, 2.75) is 91.4 Å². The minimum atomic E-state index is -0.913. The summed E-state index contributed by atoms with van der Waals surface area (Å²) in [6, 6.07) is 0. The lowest BCUT2D eigenvalue weighted by Gasteiger charge is -2.19. The molecule has 0 radical (unpaired) electrons. The summed E-state index contributed by atoms with van der Waals surface area (Å²) in [6.07, 6.45) is 16.2. The van der Waals surface area contributed by atoms with Crippen LogP contribution >= 0.6 is 0 Å². The molecule has 0 saturated heterocycles. The maximum Gasteiger partial charge on any atom is 0.310 e. The Morgan fingerprint density at radius 2 is 1.40 bits per heavy atom. The Labute approximate surface area is 154 Å². The van der Waals surface area contributed by atoms with Gasteiger partial charge < -0.3 is 10.0 Å². The molecule has 4 heteroatoms. The van der Waals surface area contributed by atoms with Crippen molar-refractivity contribution in [3.8, 4) is 0 Å². The van der Waals surface area contributed by atoms with Crippen molar-refractivity contribution in [1.82, 2.24) is 4.90 Å². The highest BCUT2D eigenvalue weighted by Crippen LogP contribution is 2.13. The average Bonchev–Trinajstić information content (AvgIpc) is 2.59. The zero-order valence-electron chi connectivity index (χ0n) is 16.6. The van der Waals surface area contributed by atoms with E-state index in [1.54, 1.807) is 11.0 Å². The minimum Gasteiger partial charge on any atom is -0.481 e. The van der Waals surface area contributed by atoms with Crippen molar-refractivity contribution in [2.24, 2.45) is 5.92 Å². The first-order chi connectivity index (χ1) is 12.1. The third-order valence-electron chi connectivity index (χ3n) is 4.67. The molecule has 146 valence electrons. The van der Waals surface area contributed by atoms with Crippen molar-refractivity contribution in [1.29, 1.82) is 0 Å². The van der Waals surface area contributed by atoms with Crippen LogP contribution in [0.3, 0.4) is 0 Å². The molecule has 0 rings (SSSR count). The summed E-state index contributed by atoms with van der Waals surface area (Å²) in [5.74, 6) is -1.69. The number of hydrogen-bond donors (Lipinski definition) is 1. The molecule has 0 aromatic carbocycles. The van der Waals surface area contributed by atoms with E-state index in [1.807, 2.05) is 19.9 Å². The Kier molecular flexibility index (Phi) is 15.3. The SMILES string of the molecule is CCCCCCCCCCC/C=C/C(CC(=O)N(CC)CC)C(=O)O. The number of hydrogen-bond acceptors (Lipinski definition) is 2. The first-order valence-electron chi connectivity index (χ1n) is 10.2. The molecule has 0 bridgehead atoms. The molecule has 0 aliphatic heterocycles. The Balaban J connectivity index is 3.90. The summed E-state index contributed by atoms with van der Waals surface area (Å²) in [5.41, 5.74) is 0. The van der Waals surface area contributed by atoms with E-state index >= 15 is 0 Å². The van der Waals surface area contributed by atoms with E-state index in [0.29, 0.717) is 13.1 Å². The highest BCUT2D eigenvalue weighted by Gasteiger charge is 2.20. The molecule has 0 fully saturated rings. The average molecular weight is 354 g/mol. The van der Waals surface area contributed by atoms with Gasteiger partial charge in [0, 0.05) is 19.5 Å². The molecule has 1 amide bonds. The number of rotatable bonds is 16. The van der Waals surface area contributed by atoms with Crippen LogP contribution in [-0.4, -0.2) is 35.0 Å². The number of amides is 1. The number of allylic oxidation sites excluding steroid dienone is 1. The molecule has 1 atom stereocenters. The fourth-order valence-electron chi connectivity index (χ4n) is 2.96. The molecule has 25 heavy (non-hydrogen) atoms. The smallest absolute Gasteiger partial charge is 0.310 e. The predicted octanol–water partition coefficient (Wildman–Crippen LogP) is 5.42. The minimum absolute atomic E-state index is 0.0608. The molecule has 0 aromatic heterocycles. The fourth-order valence-corrected chi connectivity index (χ4v) is 2.96. The standard InChI is InChI=1S/C21H39NO3/c1-4-7-8-9-10-11-12-13-14-15-16-17-19(21(24)25)18-20(23)22(5-2)6-3/h16-17,19H,4-15,18H2,1-3H3,(H,24,25)/b17-16+. The molecule has 1 unspecified atom stereocenters. The van der Waals surface area contributed by atoms with Crippen LogP contribution in [0.1, 0.15) is 91.4 Å². The molecule has 0 spiro atoms. The van der Waals surface area contributed by atoms with E-state index in [1.165, 1.54) is 51.4 Å². The third-order valence-corrected chi connectivity index (χ3v) is 4.67. The summed E-state index contributed by atoms with van der Waals surface area (Å²) < 4.78 is 0. The van der Waals surface area contributed by atoms with Crippen molar-refractivity contribution in [2.75, 3.05) is 13.1 Å². The van der Waals surface area contributed by atoms with Crippen molar-refractivity contribution < 1.29 is 14.7 Å². The highest BCUT2D eigenvalue weighted by atomic mass is 16.4. The number of nitrogens with zero attached hydrogens (tertiary/aromatic N) is 1. The molecule has 0 aliphatic rings. The van der Waals surface area contributed by atoms with E-state index in [4.69, 9.17) is 0 Å². The second-order valence-electron chi connectivity index (χ2n) is 6.76. The lowest BCUT2D eigenvalue weighted by molar-refractivity contribution is -0.144. The molecule has 0 aliphatic carbocycles. The van der Waals surface area contributed by atoms with Crippen molar-refractivity contribution >= 4 is 11.9 Å². The normalized spacial score (nSPS) is 12.4. The number of carbonyl (C=O) groups excluding carboxylic acids is 1. The van der Waals surface area contributed by atoms with Gasteiger partial charge in [0.25, 0.3) is 0 Å². The molecule has 0 heterocycles. The van der Waals surface area contributed by atoms with Gasteiger partial charge in [0.2, 0.25) is 5.91 Å². The van der Waals surface area contributed by atoms with Gasteiger partial charge in [-0.2, -0.15) is 0 Å². The summed E-state index contributed by atoms with van der Waals surface area (Å²) in [7, 11) is 0. The Morgan fingerprint density at radius 1 is 0.880 bits per heavy atom. The Morgan fingerprint density at radius 3 is 1.88 bits per heavy atom. The maximum atomic E-state index is 12.1. The van der Waals surface area contributed by atoms with E-state index < -0.39 is 11.9 Å². The summed E-state index contributed by atoms with van der Waals surface area (Å²) >= 11 is 0. The van der Waals surface area contributed by atoms with Crippen LogP contribution in [0, 0.1) is 5.92 Å². The van der Waals surface area contributed by atoms with Crippen LogP contribution in [0.25, 0.3) is 0 Å². The first kappa shape index (κ1) is 23.7. The van der Waals surface area contributed by atoms with Crippen LogP contribution in [0.2, 0.25) is 0 Å². The van der Waals surface area contributed by atoms with Crippen LogP contribution in [0.15, 0.2) is 12.2 Å². The first-order valence-corrected chi connectivity index (χ1v) is 10.2. The van der Waals surface area contributed by atoms with Gasteiger partial charge in [0.05, 0.1) is 5.92 Å². The summed E-state index contributed by atoms with van der Waals surface area (Å²) in [6.45, 7) is 7.32. The molecule has 0 aromatic rings. The van der Waals surface area contributed by atoms with E-state index in [2.05, 4.69) is 6.92 Å². The van der Waals surface area contributed by atoms with Gasteiger partial charge in [0.1, 0.15) is 0 Å². The monoisotopic (exact) mass is 353 g/mol. The van der Waals surface area contributed by atoms with Gasteiger partial charge in [-0.25, -0.2) is 0 Å². The second kappa shape index (κ2) is 16.2. The predicted molar refractivity (Wildman–Crippen MR) is 105 cm³/mol. The van der Waals surface area contributed by atoms with Crippen LogP contribution < -0.4 is 0 Å². The van der Waals surface area contributed by atoms with Gasteiger partial charge in [-0.1, -0.05) is 70.4 Å². The Hall–Kier alpha value is -1.32. The molecular formula is C21H39NO3. The van der Waals surface area contributed by atoms with Crippen molar-refractivity contribution in [3.05, 3.63) is 12.2 Å². The van der Waals surface area contributed by atoms with Gasteiger partial charge in [0.15, 0.2) is 0 Å². The fraction of sp³-hybridized carbons (Fsp3) is 0.810. The Bertz CT molecular complexity index is 375. The van der Waals surface area contributed by atoms with Gasteiger partial charge in [-0.05, 0) is 26.7 Å². The lowest BCUT2D eigenvalue weighted by Crippen LogP contribution is -2.33. The number of unbranched alkanes of at least 4 members (excludes halogenated alkanes) is 9. The number of aliphatic carboxylic acids is 1.